The van der Waals surface area contributed by atoms with Gasteiger partial charge in [-0.2, -0.15) is 4.31 Å². The van der Waals surface area contributed by atoms with Gasteiger partial charge in [0.05, 0.1) is 20.8 Å². The van der Waals surface area contributed by atoms with E-state index in [2.05, 4.69) is 0 Å². The quantitative estimate of drug-likeness (QED) is 0.463. The van der Waals surface area contributed by atoms with E-state index >= 15 is 0 Å². The van der Waals surface area contributed by atoms with Gasteiger partial charge in [-0.1, -0.05) is 12.1 Å². The van der Waals surface area contributed by atoms with Crippen molar-refractivity contribution in [2.45, 2.75) is 10.9 Å². The van der Waals surface area contributed by atoms with Gasteiger partial charge < -0.3 is 0 Å². The molecule has 24 heavy (non-hydrogen) atoms. The van der Waals surface area contributed by atoms with E-state index in [-0.39, 0.29) is 22.8 Å². The van der Waals surface area contributed by atoms with E-state index in [4.69, 9.17) is 0 Å². The molecule has 0 bridgehead atoms. The fraction of sp³-hybridized carbons (Fsp3) is 0.143. The Bertz CT molecular complexity index is 926. The van der Waals surface area contributed by atoms with Crippen LogP contribution in [0.1, 0.15) is 11.6 Å². The molecule has 3 rings (SSSR count). The summed E-state index contributed by atoms with van der Waals surface area (Å²) in [7, 11) is -3.80. The van der Waals surface area contributed by atoms with Crippen LogP contribution in [0.25, 0.3) is 0 Å². The monoisotopic (exact) mass is 349 g/mol. The van der Waals surface area contributed by atoms with Crippen molar-refractivity contribution >= 4 is 21.4 Å². The van der Waals surface area contributed by atoms with Crippen LogP contribution in [0.15, 0.2) is 53.4 Å². The van der Waals surface area contributed by atoms with E-state index in [1.165, 1.54) is 34.6 Å². The van der Waals surface area contributed by atoms with Crippen molar-refractivity contribution in [2.75, 3.05) is 6.54 Å². The van der Waals surface area contributed by atoms with Crippen molar-refractivity contribution in [3.8, 4) is 0 Å². The average Bonchev–Trinajstić information content (AvgIpc) is 3.36. The second-order valence-electron chi connectivity index (χ2n) is 5.19. The van der Waals surface area contributed by atoms with Crippen LogP contribution in [0.5, 0.6) is 0 Å². The molecule has 1 heterocycles. The molecular weight excluding hydrogens is 338 g/mol. The highest BCUT2D eigenvalue weighted by Gasteiger charge is 2.45. The molecule has 0 amide bonds. The van der Waals surface area contributed by atoms with Crippen molar-refractivity contribution in [1.29, 1.82) is 0 Å². The summed E-state index contributed by atoms with van der Waals surface area (Å²) < 4.78 is 26.2. The Morgan fingerprint density at radius 3 is 2.17 bits per heavy atom. The van der Waals surface area contributed by atoms with Crippen molar-refractivity contribution in [3.63, 3.8) is 0 Å². The maximum Gasteiger partial charge on any atom is 0.269 e. The summed E-state index contributed by atoms with van der Waals surface area (Å²) in [6.45, 7) is 0.209. The van der Waals surface area contributed by atoms with E-state index in [9.17, 15) is 28.6 Å². The standard InChI is InChI=1S/C14H11N3O6S/c18-16(19)11-4-6-13(7-5-11)24(22,23)15-9-14(15)10-2-1-3-12(8-10)17(20)21/h1-8,14H,9H2/t14-,15?/m1/s1. The Balaban J connectivity index is 1.84. The van der Waals surface area contributed by atoms with Gasteiger partial charge in [-0.15, -0.1) is 0 Å². The third-order valence-corrected chi connectivity index (χ3v) is 5.58. The first kappa shape index (κ1) is 16.0. The fourth-order valence-electron chi connectivity index (χ4n) is 2.38. The first-order chi connectivity index (χ1) is 11.3. The van der Waals surface area contributed by atoms with Crippen LogP contribution in [0.4, 0.5) is 11.4 Å². The second kappa shape index (κ2) is 5.65. The summed E-state index contributed by atoms with van der Waals surface area (Å²) >= 11 is 0. The lowest BCUT2D eigenvalue weighted by Gasteiger charge is -2.06. The highest BCUT2D eigenvalue weighted by atomic mass is 32.2. The number of nitro benzene ring substituents is 2. The van der Waals surface area contributed by atoms with Gasteiger partial charge in [0.25, 0.3) is 11.4 Å². The highest BCUT2D eigenvalue weighted by molar-refractivity contribution is 7.89. The molecule has 1 aliphatic heterocycles. The Kier molecular flexibility index (Phi) is 3.78. The topological polar surface area (TPSA) is 123 Å². The van der Waals surface area contributed by atoms with E-state index in [1.54, 1.807) is 6.07 Å². The zero-order valence-electron chi connectivity index (χ0n) is 12.1. The van der Waals surface area contributed by atoms with Gasteiger partial charge in [0, 0.05) is 30.8 Å². The number of nitro groups is 2. The fourth-order valence-corrected chi connectivity index (χ4v) is 3.93. The van der Waals surface area contributed by atoms with Gasteiger partial charge in [0.2, 0.25) is 10.0 Å². The predicted molar refractivity (Wildman–Crippen MR) is 82.8 cm³/mol. The summed E-state index contributed by atoms with van der Waals surface area (Å²) in [5, 5.41) is 21.4. The predicted octanol–water partition coefficient (Wildman–Crippen LogP) is 2.25. The summed E-state index contributed by atoms with van der Waals surface area (Å²) in [4.78, 5) is 20.2. The largest absolute Gasteiger partial charge is 0.269 e. The number of hydrogen-bond acceptors (Lipinski definition) is 6. The Labute approximate surface area is 136 Å². The van der Waals surface area contributed by atoms with E-state index in [0.717, 1.165) is 12.1 Å². The van der Waals surface area contributed by atoms with Crippen LogP contribution in [0, 0.1) is 20.2 Å². The van der Waals surface area contributed by atoms with E-state index < -0.39 is 25.9 Å². The summed E-state index contributed by atoms with van der Waals surface area (Å²) in [6.07, 6.45) is 0. The maximum atomic E-state index is 12.5. The van der Waals surface area contributed by atoms with Gasteiger partial charge in [-0.25, -0.2) is 8.42 Å². The van der Waals surface area contributed by atoms with Crippen LogP contribution in [-0.4, -0.2) is 29.1 Å². The molecule has 2 atom stereocenters. The molecule has 0 aromatic heterocycles. The number of rotatable bonds is 5. The number of benzene rings is 2. The molecule has 9 nitrogen and oxygen atoms in total. The van der Waals surface area contributed by atoms with Gasteiger partial charge >= 0.3 is 0 Å². The molecule has 0 N–H and O–H groups in total. The molecule has 2 aromatic rings. The van der Waals surface area contributed by atoms with Gasteiger partial charge in [-0.05, 0) is 17.7 Å². The van der Waals surface area contributed by atoms with Crippen molar-refractivity contribution in [2.24, 2.45) is 0 Å². The smallest absolute Gasteiger partial charge is 0.258 e. The van der Waals surface area contributed by atoms with Crippen molar-refractivity contribution < 1.29 is 18.3 Å². The molecule has 1 fully saturated rings. The van der Waals surface area contributed by atoms with Crippen LogP contribution in [-0.2, 0) is 10.0 Å². The molecule has 1 aliphatic rings. The molecule has 0 saturated carbocycles. The molecule has 10 heteroatoms. The summed E-state index contributed by atoms with van der Waals surface area (Å²) in [6, 6.07) is 9.94. The number of sulfonamides is 1. The molecular formula is C14H11N3O6S. The molecule has 0 aliphatic carbocycles. The SMILES string of the molecule is O=[N+]([O-])c1ccc(S(=O)(=O)N2C[C@@H]2c2cccc([N+](=O)[O-])c2)cc1. The summed E-state index contributed by atoms with van der Waals surface area (Å²) in [5.74, 6) is 0. The lowest BCUT2D eigenvalue weighted by atomic mass is 10.1. The van der Waals surface area contributed by atoms with Crippen LogP contribution in [0.3, 0.4) is 0 Å². The zero-order valence-corrected chi connectivity index (χ0v) is 12.9. The minimum absolute atomic E-state index is 0.0546. The van der Waals surface area contributed by atoms with Crippen LogP contribution < -0.4 is 0 Å². The van der Waals surface area contributed by atoms with Crippen LogP contribution in [0.2, 0.25) is 0 Å². The van der Waals surface area contributed by atoms with Gasteiger partial charge in [0.15, 0.2) is 0 Å². The normalized spacial score (nSPS) is 19.7. The minimum atomic E-state index is -3.80. The molecule has 1 unspecified atom stereocenters. The third kappa shape index (κ3) is 2.84. The van der Waals surface area contributed by atoms with Gasteiger partial charge in [-0.3, -0.25) is 20.2 Å². The zero-order chi connectivity index (χ0) is 17.5. The molecule has 2 aromatic carbocycles. The van der Waals surface area contributed by atoms with Gasteiger partial charge in [0.1, 0.15) is 0 Å². The molecule has 0 radical (unpaired) electrons. The lowest BCUT2D eigenvalue weighted by molar-refractivity contribution is -0.385. The second-order valence-corrected chi connectivity index (χ2v) is 7.08. The summed E-state index contributed by atoms with van der Waals surface area (Å²) in [5.41, 5.74) is 0.233. The Morgan fingerprint density at radius 2 is 1.58 bits per heavy atom. The molecule has 124 valence electrons. The first-order valence-corrected chi connectivity index (χ1v) is 8.25. The van der Waals surface area contributed by atoms with E-state index in [1.807, 2.05) is 0 Å². The third-order valence-electron chi connectivity index (χ3n) is 3.69. The molecule has 1 saturated heterocycles. The maximum absolute atomic E-state index is 12.5. The van der Waals surface area contributed by atoms with E-state index in [0.29, 0.717) is 5.56 Å². The number of nitrogens with zero attached hydrogens (tertiary/aromatic N) is 3. The van der Waals surface area contributed by atoms with Crippen molar-refractivity contribution in [3.05, 3.63) is 74.3 Å². The molecule has 0 spiro atoms. The number of non-ortho nitro benzene ring substituents is 2. The lowest BCUT2D eigenvalue weighted by Crippen LogP contribution is -2.12. The Morgan fingerprint density at radius 1 is 0.958 bits per heavy atom. The minimum Gasteiger partial charge on any atom is -0.258 e. The van der Waals surface area contributed by atoms with Crippen LogP contribution >= 0.6 is 0 Å². The average molecular weight is 349 g/mol. The highest BCUT2D eigenvalue weighted by Crippen LogP contribution is 2.41. The first-order valence-electron chi connectivity index (χ1n) is 6.81. The Hall–Kier alpha value is -2.85. The van der Waals surface area contributed by atoms with Crippen molar-refractivity contribution in [1.82, 2.24) is 4.31 Å². The number of hydrogen-bond donors (Lipinski definition) is 0.